The Labute approximate surface area is 117 Å². The summed E-state index contributed by atoms with van der Waals surface area (Å²) in [6.07, 6.45) is 0.872. The molecule has 102 valence electrons. The Morgan fingerprint density at radius 2 is 1.70 bits per heavy atom. The minimum absolute atomic E-state index is 0.188. The first-order valence-corrected chi connectivity index (χ1v) is 6.65. The van der Waals surface area contributed by atoms with E-state index >= 15 is 0 Å². The molecule has 1 aliphatic heterocycles. The third-order valence-corrected chi connectivity index (χ3v) is 3.64. The van der Waals surface area contributed by atoms with Crippen molar-refractivity contribution in [3.8, 4) is 0 Å². The molecule has 0 unspecified atom stereocenters. The van der Waals surface area contributed by atoms with Crippen LogP contribution in [0, 0.1) is 6.92 Å². The monoisotopic (exact) mass is 269 g/mol. The van der Waals surface area contributed by atoms with Crippen molar-refractivity contribution >= 4 is 11.8 Å². The molecule has 0 fully saturated rings. The highest BCUT2D eigenvalue weighted by Crippen LogP contribution is 2.25. The molecule has 3 rings (SSSR count). The summed E-state index contributed by atoms with van der Waals surface area (Å²) in [6, 6.07) is 8.80. The van der Waals surface area contributed by atoms with Crippen LogP contribution in [0.1, 0.15) is 44.7 Å². The van der Waals surface area contributed by atoms with E-state index in [1.165, 1.54) is 4.90 Å². The van der Waals surface area contributed by atoms with Gasteiger partial charge in [0.2, 0.25) is 0 Å². The van der Waals surface area contributed by atoms with Gasteiger partial charge in [-0.15, -0.1) is 0 Å². The summed E-state index contributed by atoms with van der Waals surface area (Å²) in [7, 11) is 0. The normalized spacial score (nSPS) is 14.0. The number of furan rings is 1. The van der Waals surface area contributed by atoms with Gasteiger partial charge in [-0.2, -0.15) is 0 Å². The predicted molar refractivity (Wildman–Crippen MR) is 73.5 cm³/mol. The lowest BCUT2D eigenvalue weighted by molar-refractivity contribution is 0.0631. The fourth-order valence-electron chi connectivity index (χ4n) is 2.56. The zero-order valence-corrected chi connectivity index (χ0v) is 11.5. The fraction of sp³-hybridized carbons (Fsp3) is 0.250. The van der Waals surface area contributed by atoms with Crippen LogP contribution in [-0.4, -0.2) is 16.7 Å². The predicted octanol–water partition coefficient (Wildman–Crippen LogP) is 2.95. The lowest BCUT2D eigenvalue weighted by Gasteiger charge is -2.11. The van der Waals surface area contributed by atoms with Crippen LogP contribution in [0.15, 0.2) is 34.7 Å². The molecule has 0 atom stereocenters. The third kappa shape index (κ3) is 1.84. The zero-order valence-electron chi connectivity index (χ0n) is 11.5. The quantitative estimate of drug-likeness (QED) is 0.805. The highest BCUT2D eigenvalue weighted by molar-refractivity contribution is 6.21. The van der Waals surface area contributed by atoms with E-state index in [0.29, 0.717) is 16.9 Å². The summed E-state index contributed by atoms with van der Waals surface area (Å²) in [5.74, 6) is 0.989. The SMILES string of the molecule is CCc1cc(CN2C(=O)c3ccccc3C2=O)oc1C. The van der Waals surface area contributed by atoms with Gasteiger partial charge in [0.25, 0.3) is 11.8 Å². The number of nitrogens with zero attached hydrogens (tertiary/aromatic N) is 1. The van der Waals surface area contributed by atoms with Crippen molar-refractivity contribution in [2.75, 3.05) is 0 Å². The molecule has 0 spiro atoms. The van der Waals surface area contributed by atoms with Crippen LogP contribution in [0.3, 0.4) is 0 Å². The van der Waals surface area contributed by atoms with Crippen molar-refractivity contribution < 1.29 is 14.0 Å². The second kappa shape index (κ2) is 4.63. The molecule has 2 amide bonds. The molecule has 2 aromatic rings. The van der Waals surface area contributed by atoms with Crippen LogP contribution in [0.4, 0.5) is 0 Å². The molecule has 20 heavy (non-hydrogen) atoms. The summed E-state index contributed by atoms with van der Waals surface area (Å²) in [5.41, 5.74) is 2.05. The number of aryl methyl sites for hydroxylation is 2. The molecule has 0 bridgehead atoms. The number of fused-ring (bicyclic) bond motifs is 1. The average molecular weight is 269 g/mol. The number of hydrogen-bond acceptors (Lipinski definition) is 3. The van der Waals surface area contributed by atoms with E-state index in [0.717, 1.165) is 17.7 Å². The number of rotatable bonds is 3. The van der Waals surface area contributed by atoms with Gasteiger partial charge in [-0.1, -0.05) is 19.1 Å². The summed E-state index contributed by atoms with van der Waals surface area (Å²) in [6.45, 7) is 4.13. The van der Waals surface area contributed by atoms with Gasteiger partial charge < -0.3 is 4.42 Å². The average Bonchev–Trinajstić information content (AvgIpc) is 2.93. The second-order valence-corrected chi connectivity index (χ2v) is 4.89. The van der Waals surface area contributed by atoms with Gasteiger partial charge in [0.15, 0.2) is 0 Å². The van der Waals surface area contributed by atoms with E-state index in [-0.39, 0.29) is 18.4 Å². The molecule has 0 aliphatic carbocycles. The summed E-state index contributed by atoms with van der Waals surface area (Å²) < 4.78 is 5.62. The van der Waals surface area contributed by atoms with Gasteiger partial charge in [-0.25, -0.2) is 0 Å². The molecule has 4 heteroatoms. The molecule has 0 saturated carbocycles. The van der Waals surface area contributed by atoms with Gasteiger partial charge in [0.1, 0.15) is 11.5 Å². The highest BCUT2D eigenvalue weighted by Gasteiger charge is 2.35. The van der Waals surface area contributed by atoms with Crippen molar-refractivity contribution in [1.29, 1.82) is 0 Å². The number of carbonyl (C=O) groups is 2. The number of benzene rings is 1. The Hall–Kier alpha value is -2.36. The third-order valence-electron chi connectivity index (χ3n) is 3.64. The van der Waals surface area contributed by atoms with Crippen LogP contribution in [0.2, 0.25) is 0 Å². The number of carbonyl (C=O) groups excluding carboxylic acids is 2. The maximum Gasteiger partial charge on any atom is 0.261 e. The zero-order chi connectivity index (χ0) is 14.3. The van der Waals surface area contributed by atoms with Gasteiger partial charge >= 0.3 is 0 Å². The lowest BCUT2D eigenvalue weighted by atomic mass is 10.1. The van der Waals surface area contributed by atoms with E-state index in [1.54, 1.807) is 24.3 Å². The number of amides is 2. The Morgan fingerprint density at radius 1 is 1.10 bits per heavy atom. The van der Waals surface area contributed by atoms with Crippen molar-refractivity contribution in [2.45, 2.75) is 26.8 Å². The largest absolute Gasteiger partial charge is 0.464 e. The van der Waals surface area contributed by atoms with E-state index in [9.17, 15) is 9.59 Å². The Bertz CT molecular complexity index is 664. The molecule has 0 saturated heterocycles. The minimum Gasteiger partial charge on any atom is -0.464 e. The Morgan fingerprint density at radius 3 is 2.20 bits per heavy atom. The maximum absolute atomic E-state index is 12.2. The Kier molecular flexibility index (Phi) is 2.93. The van der Waals surface area contributed by atoms with Crippen LogP contribution < -0.4 is 0 Å². The number of hydrogen-bond donors (Lipinski definition) is 0. The first-order valence-electron chi connectivity index (χ1n) is 6.65. The number of imide groups is 1. The van der Waals surface area contributed by atoms with Crippen LogP contribution >= 0.6 is 0 Å². The molecule has 0 radical (unpaired) electrons. The molecule has 1 aromatic carbocycles. The van der Waals surface area contributed by atoms with E-state index in [1.807, 2.05) is 19.9 Å². The fourth-order valence-corrected chi connectivity index (χ4v) is 2.56. The summed E-state index contributed by atoms with van der Waals surface area (Å²) in [4.78, 5) is 25.7. The Balaban J connectivity index is 1.89. The standard InChI is InChI=1S/C16H15NO3/c1-3-11-8-12(20-10(11)2)9-17-15(18)13-6-4-5-7-14(13)16(17)19/h4-8H,3,9H2,1-2H3. The molecule has 2 heterocycles. The van der Waals surface area contributed by atoms with Gasteiger partial charge in [-0.3, -0.25) is 14.5 Å². The van der Waals surface area contributed by atoms with Crippen molar-refractivity contribution in [2.24, 2.45) is 0 Å². The van der Waals surface area contributed by atoms with Crippen molar-refractivity contribution in [3.05, 3.63) is 58.5 Å². The van der Waals surface area contributed by atoms with Crippen molar-refractivity contribution in [3.63, 3.8) is 0 Å². The topological polar surface area (TPSA) is 50.5 Å². The highest BCUT2D eigenvalue weighted by atomic mass is 16.3. The van der Waals surface area contributed by atoms with E-state index in [4.69, 9.17) is 4.42 Å². The van der Waals surface area contributed by atoms with E-state index < -0.39 is 0 Å². The molecular weight excluding hydrogens is 254 g/mol. The van der Waals surface area contributed by atoms with Crippen LogP contribution in [0.25, 0.3) is 0 Å². The van der Waals surface area contributed by atoms with E-state index in [2.05, 4.69) is 0 Å². The van der Waals surface area contributed by atoms with Crippen molar-refractivity contribution in [1.82, 2.24) is 4.90 Å². The van der Waals surface area contributed by atoms with Gasteiger partial charge in [0.05, 0.1) is 17.7 Å². The van der Waals surface area contributed by atoms with Gasteiger partial charge in [0, 0.05) is 0 Å². The molecule has 4 nitrogen and oxygen atoms in total. The first kappa shape index (κ1) is 12.7. The van der Waals surface area contributed by atoms with Crippen LogP contribution in [0.5, 0.6) is 0 Å². The summed E-state index contributed by atoms with van der Waals surface area (Å²) in [5, 5.41) is 0. The summed E-state index contributed by atoms with van der Waals surface area (Å²) >= 11 is 0. The molecule has 1 aromatic heterocycles. The molecule has 0 N–H and O–H groups in total. The second-order valence-electron chi connectivity index (χ2n) is 4.89. The smallest absolute Gasteiger partial charge is 0.261 e. The maximum atomic E-state index is 12.2. The van der Waals surface area contributed by atoms with Crippen LogP contribution in [-0.2, 0) is 13.0 Å². The minimum atomic E-state index is -0.252. The molecule has 1 aliphatic rings. The van der Waals surface area contributed by atoms with Gasteiger partial charge in [-0.05, 0) is 37.1 Å². The molecular formula is C16H15NO3. The lowest BCUT2D eigenvalue weighted by Crippen LogP contribution is -2.28. The first-order chi connectivity index (χ1) is 9.61.